The topological polar surface area (TPSA) is 123 Å². The summed E-state index contributed by atoms with van der Waals surface area (Å²) < 4.78 is 1.82. The SMILES string of the molecule is Cc1nc(-c2ccnc(N(CCN3CCN(C)CC3)C(=O)O)c2)nn1CCN(C(=O)Nc1cccc2ccccc12)C1CCCC1. The first-order valence-electron chi connectivity index (χ1n) is 16.2. The molecule has 2 fully saturated rings. The summed E-state index contributed by atoms with van der Waals surface area (Å²) in [6.45, 7) is 7.63. The van der Waals surface area contributed by atoms with Crippen LogP contribution in [0.3, 0.4) is 0 Å². The lowest BCUT2D eigenvalue weighted by molar-refractivity contribution is 0.155. The minimum Gasteiger partial charge on any atom is -0.465 e. The van der Waals surface area contributed by atoms with Crippen molar-refractivity contribution >= 4 is 34.4 Å². The van der Waals surface area contributed by atoms with Gasteiger partial charge in [0.2, 0.25) is 0 Å². The molecule has 1 aliphatic carbocycles. The molecule has 3 amide bonds. The number of aryl methyl sites for hydroxylation is 1. The number of pyridine rings is 1. The van der Waals surface area contributed by atoms with Crippen LogP contribution in [0.2, 0.25) is 0 Å². The van der Waals surface area contributed by atoms with Gasteiger partial charge in [-0.25, -0.2) is 24.2 Å². The molecule has 242 valence electrons. The fraction of sp³-hybridized carbons (Fsp3) is 0.441. The second kappa shape index (κ2) is 14.3. The Balaban J connectivity index is 1.14. The number of piperazine rings is 1. The molecular weight excluding hydrogens is 582 g/mol. The van der Waals surface area contributed by atoms with Crippen LogP contribution in [0, 0.1) is 6.92 Å². The number of anilines is 2. The van der Waals surface area contributed by atoms with Gasteiger partial charge in [0.25, 0.3) is 0 Å². The Bertz CT molecular complexity index is 1660. The average molecular weight is 626 g/mol. The highest BCUT2D eigenvalue weighted by atomic mass is 16.4. The standard InChI is InChI=1S/C34H43N9O3/c1-25-36-32(27-14-15-35-31(24-27)42(34(45)46)21-20-40-18-16-39(2)17-19-40)38-43(25)23-22-41(28-10-4-5-11-28)33(44)37-30-13-7-9-26-8-3-6-12-29(26)30/h3,6-9,12-15,24,28H,4-5,10-11,16-23H2,1-2H3,(H,37,44)(H,45,46). The van der Waals surface area contributed by atoms with E-state index in [0.29, 0.717) is 43.4 Å². The van der Waals surface area contributed by atoms with Crippen LogP contribution in [0.4, 0.5) is 21.1 Å². The van der Waals surface area contributed by atoms with Crippen molar-refractivity contribution in [1.82, 2.24) is 34.4 Å². The van der Waals surface area contributed by atoms with Crippen molar-refractivity contribution in [2.24, 2.45) is 0 Å². The van der Waals surface area contributed by atoms with E-state index in [1.165, 1.54) is 4.90 Å². The minimum atomic E-state index is -1.04. The molecule has 2 aliphatic rings. The lowest BCUT2D eigenvalue weighted by Gasteiger charge is -2.33. The van der Waals surface area contributed by atoms with Gasteiger partial charge in [-0.15, -0.1) is 0 Å². The van der Waals surface area contributed by atoms with E-state index in [1.807, 2.05) is 59.0 Å². The van der Waals surface area contributed by atoms with Crippen LogP contribution in [0.15, 0.2) is 60.8 Å². The van der Waals surface area contributed by atoms with E-state index in [0.717, 1.165) is 74.1 Å². The van der Waals surface area contributed by atoms with Crippen molar-refractivity contribution in [1.29, 1.82) is 0 Å². The van der Waals surface area contributed by atoms with Gasteiger partial charge in [0.15, 0.2) is 5.82 Å². The van der Waals surface area contributed by atoms with Crippen LogP contribution < -0.4 is 10.2 Å². The average Bonchev–Trinajstić information content (AvgIpc) is 3.73. The molecule has 0 atom stereocenters. The van der Waals surface area contributed by atoms with Crippen molar-refractivity contribution in [3.63, 3.8) is 0 Å². The zero-order valence-corrected chi connectivity index (χ0v) is 26.7. The molecule has 12 heteroatoms. The van der Waals surface area contributed by atoms with Crippen molar-refractivity contribution in [3.8, 4) is 11.4 Å². The van der Waals surface area contributed by atoms with Gasteiger partial charge in [-0.1, -0.05) is 49.2 Å². The lowest BCUT2D eigenvalue weighted by Crippen LogP contribution is -2.47. The molecule has 2 aromatic carbocycles. The predicted octanol–water partition coefficient (Wildman–Crippen LogP) is 5.01. The van der Waals surface area contributed by atoms with E-state index >= 15 is 0 Å². The number of fused-ring (bicyclic) bond motifs is 1. The fourth-order valence-electron chi connectivity index (χ4n) is 6.47. The number of hydrogen-bond acceptors (Lipinski definition) is 7. The third kappa shape index (κ3) is 7.29. The molecule has 2 aromatic heterocycles. The highest BCUT2D eigenvalue weighted by molar-refractivity contribution is 6.01. The molecule has 1 aliphatic heterocycles. The van der Waals surface area contributed by atoms with Crippen molar-refractivity contribution < 1.29 is 14.7 Å². The molecule has 2 N–H and O–H groups in total. The largest absolute Gasteiger partial charge is 0.465 e. The van der Waals surface area contributed by atoms with Gasteiger partial charge in [0.05, 0.1) is 12.2 Å². The van der Waals surface area contributed by atoms with E-state index in [9.17, 15) is 14.7 Å². The Kier molecular flexibility index (Phi) is 9.74. The Hall–Kier alpha value is -4.55. The maximum absolute atomic E-state index is 13.7. The number of carbonyl (C=O) groups excluding carboxylic acids is 1. The Labute approximate surface area is 269 Å². The molecule has 3 heterocycles. The number of carboxylic acid groups (broad SMARTS) is 1. The summed E-state index contributed by atoms with van der Waals surface area (Å²) in [4.78, 5) is 42.8. The first kappa shape index (κ1) is 31.4. The molecule has 12 nitrogen and oxygen atoms in total. The number of benzene rings is 2. The predicted molar refractivity (Wildman–Crippen MR) is 179 cm³/mol. The summed E-state index contributed by atoms with van der Waals surface area (Å²) in [5.74, 6) is 1.57. The molecule has 1 saturated carbocycles. The Morgan fingerprint density at radius 1 is 0.978 bits per heavy atom. The number of rotatable bonds is 10. The number of amides is 3. The number of carbonyl (C=O) groups is 2. The molecular formula is C34H43N9O3. The van der Waals surface area contributed by atoms with E-state index < -0.39 is 6.09 Å². The molecule has 0 bridgehead atoms. The number of aromatic nitrogens is 4. The Morgan fingerprint density at radius 2 is 1.74 bits per heavy atom. The maximum atomic E-state index is 13.7. The highest BCUT2D eigenvalue weighted by Crippen LogP contribution is 2.27. The lowest BCUT2D eigenvalue weighted by atomic mass is 10.1. The molecule has 6 rings (SSSR count). The summed E-state index contributed by atoms with van der Waals surface area (Å²) in [5.41, 5.74) is 1.50. The third-order valence-electron chi connectivity index (χ3n) is 9.21. The first-order valence-corrected chi connectivity index (χ1v) is 16.2. The number of likely N-dealkylation sites (N-methyl/N-ethyl adjacent to an activating group) is 1. The van der Waals surface area contributed by atoms with Crippen LogP contribution >= 0.6 is 0 Å². The number of nitrogens with zero attached hydrogens (tertiary/aromatic N) is 8. The molecule has 0 unspecified atom stereocenters. The second-order valence-corrected chi connectivity index (χ2v) is 12.3. The van der Waals surface area contributed by atoms with E-state index in [-0.39, 0.29) is 12.1 Å². The van der Waals surface area contributed by atoms with Crippen LogP contribution in [-0.2, 0) is 6.54 Å². The van der Waals surface area contributed by atoms with Gasteiger partial charge in [-0.2, -0.15) is 5.10 Å². The summed E-state index contributed by atoms with van der Waals surface area (Å²) in [5, 5.41) is 20.0. The summed E-state index contributed by atoms with van der Waals surface area (Å²) >= 11 is 0. The Morgan fingerprint density at radius 3 is 2.52 bits per heavy atom. The zero-order chi connectivity index (χ0) is 32.0. The van der Waals surface area contributed by atoms with E-state index in [1.54, 1.807) is 18.3 Å². The monoisotopic (exact) mass is 625 g/mol. The molecule has 0 spiro atoms. The number of hydrogen-bond donors (Lipinski definition) is 2. The van der Waals surface area contributed by atoms with Gasteiger partial charge >= 0.3 is 12.1 Å². The van der Waals surface area contributed by atoms with Crippen LogP contribution in [-0.4, -0.2) is 111 Å². The van der Waals surface area contributed by atoms with Crippen LogP contribution in [0.25, 0.3) is 22.2 Å². The van der Waals surface area contributed by atoms with E-state index in [4.69, 9.17) is 10.1 Å². The van der Waals surface area contributed by atoms with Crippen LogP contribution in [0.1, 0.15) is 31.5 Å². The fourth-order valence-corrected chi connectivity index (χ4v) is 6.47. The third-order valence-corrected chi connectivity index (χ3v) is 9.21. The van der Waals surface area contributed by atoms with E-state index in [2.05, 4.69) is 27.1 Å². The van der Waals surface area contributed by atoms with Crippen molar-refractivity contribution in [3.05, 3.63) is 66.6 Å². The van der Waals surface area contributed by atoms with Gasteiger partial charge in [-0.3, -0.25) is 9.80 Å². The van der Waals surface area contributed by atoms with Gasteiger partial charge in [-0.05, 0) is 50.4 Å². The molecule has 0 radical (unpaired) electrons. The summed E-state index contributed by atoms with van der Waals surface area (Å²) in [6.07, 6.45) is 4.76. The number of urea groups is 1. The molecule has 1 saturated heterocycles. The van der Waals surface area contributed by atoms with Gasteiger partial charge in [0.1, 0.15) is 11.6 Å². The van der Waals surface area contributed by atoms with Crippen molar-refractivity contribution in [2.75, 3.05) is 63.1 Å². The summed E-state index contributed by atoms with van der Waals surface area (Å²) in [7, 11) is 2.10. The van der Waals surface area contributed by atoms with Crippen molar-refractivity contribution in [2.45, 2.75) is 45.2 Å². The second-order valence-electron chi connectivity index (χ2n) is 12.3. The summed E-state index contributed by atoms with van der Waals surface area (Å²) in [6, 6.07) is 17.6. The maximum Gasteiger partial charge on any atom is 0.413 e. The molecule has 46 heavy (non-hydrogen) atoms. The minimum absolute atomic E-state index is 0.106. The quantitative estimate of drug-likeness (QED) is 0.252. The first-order chi connectivity index (χ1) is 22.4. The van der Waals surface area contributed by atoms with Gasteiger partial charge < -0.3 is 20.2 Å². The molecule has 4 aromatic rings. The van der Waals surface area contributed by atoms with Gasteiger partial charge in [0, 0.05) is 69.0 Å². The normalized spacial score (nSPS) is 16.1. The van der Waals surface area contributed by atoms with Crippen LogP contribution in [0.5, 0.6) is 0 Å². The zero-order valence-electron chi connectivity index (χ0n) is 26.7. The smallest absolute Gasteiger partial charge is 0.413 e. The number of nitrogens with one attached hydrogen (secondary N) is 1. The highest BCUT2D eigenvalue weighted by Gasteiger charge is 2.27.